The molecule has 0 fully saturated rings. The van der Waals surface area contributed by atoms with Gasteiger partial charge < -0.3 is 16.2 Å². The number of nitrogen functional groups attached to an aromatic ring is 1. The monoisotopic (exact) mass is 272 g/mol. The van der Waals surface area contributed by atoms with Crippen LogP contribution in [0.3, 0.4) is 0 Å². The molecular weight excluding hydrogens is 254 g/mol. The Morgan fingerprint density at radius 2 is 2.05 bits per heavy atom. The van der Waals surface area contributed by atoms with Crippen molar-refractivity contribution in [2.75, 3.05) is 18.9 Å². The minimum atomic E-state index is -1.06. The van der Waals surface area contributed by atoms with Crippen molar-refractivity contribution in [3.63, 3.8) is 0 Å². The van der Waals surface area contributed by atoms with Crippen LogP contribution in [-0.2, 0) is 0 Å². The summed E-state index contributed by atoms with van der Waals surface area (Å²) in [7, 11) is 0. The van der Waals surface area contributed by atoms with E-state index in [0.29, 0.717) is 6.42 Å². The predicted octanol–water partition coefficient (Wildman–Crippen LogP) is 1.69. The first-order valence-corrected chi connectivity index (χ1v) is 5.91. The summed E-state index contributed by atoms with van der Waals surface area (Å²) in [5.74, 6) is -2.87. The van der Waals surface area contributed by atoms with E-state index in [1.54, 1.807) is 0 Å². The fourth-order valence-electron chi connectivity index (χ4n) is 1.58. The van der Waals surface area contributed by atoms with Gasteiger partial charge >= 0.3 is 0 Å². The minimum Gasteiger partial charge on any atom is -0.396 e. The number of halogens is 2. The maximum Gasteiger partial charge on any atom is 0.257 e. The lowest BCUT2D eigenvalue weighted by molar-refractivity contribution is 0.0920. The van der Waals surface area contributed by atoms with E-state index < -0.39 is 23.1 Å². The van der Waals surface area contributed by atoms with E-state index in [1.165, 1.54) is 0 Å². The van der Waals surface area contributed by atoms with Crippen molar-refractivity contribution in [3.8, 4) is 0 Å². The summed E-state index contributed by atoms with van der Waals surface area (Å²) in [6.07, 6.45) is 0.467. The molecule has 0 aliphatic rings. The van der Waals surface area contributed by atoms with Crippen molar-refractivity contribution in [2.24, 2.45) is 5.41 Å². The van der Waals surface area contributed by atoms with Gasteiger partial charge in [0.05, 0.1) is 5.69 Å². The highest BCUT2D eigenvalue weighted by molar-refractivity contribution is 5.95. The zero-order valence-electron chi connectivity index (χ0n) is 11.0. The first kappa shape index (κ1) is 15.4. The number of carbonyl (C=O) groups excluding carboxylic acids is 1. The highest BCUT2D eigenvalue weighted by Gasteiger charge is 2.23. The van der Waals surface area contributed by atoms with Crippen LogP contribution in [0, 0.1) is 17.0 Å². The second-order valence-electron chi connectivity index (χ2n) is 5.15. The molecule has 0 atom stereocenters. The fourth-order valence-corrected chi connectivity index (χ4v) is 1.58. The van der Waals surface area contributed by atoms with Crippen molar-refractivity contribution < 1.29 is 18.7 Å². The molecule has 4 N–H and O–H groups in total. The Bertz CT molecular complexity index is 476. The summed E-state index contributed by atoms with van der Waals surface area (Å²) >= 11 is 0. The molecule has 0 unspecified atom stereocenters. The van der Waals surface area contributed by atoms with E-state index in [9.17, 15) is 13.6 Å². The SMILES string of the molecule is CC(C)(CCO)CNC(=O)c1c(F)ccc(N)c1F. The van der Waals surface area contributed by atoms with E-state index >= 15 is 0 Å². The smallest absolute Gasteiger partial charge is 0.257 e. The maximum absolute atomic E-state index is 13.6. The molecule has 1 rings (SSSR count). The second-order valence-corrected chi connectivity index (χ2v) is 5.15. The number of rotatable bonds is 5. The molecule has 0 heterocycles. The number of nitrogens with two attached hydrogens (primary N) is 1. The van der Waals surface area contributed by atoms with E-state index in [4.69, 9.17) is 10.8 Å². The molecule has 4 nitrogen and oxygen atoms in total. The number of benzene rings is 1. The number of carbonyl (C=O) groups is 1. The number of amides is 1. The highest BCUT2D eigenvalue weighted by atomic mass is 19.1. The van der Waals surface area contributed by atoms with Crippen LogP contribution in [-0.4, -0.2) is 24.2 Å². The molecule has 1 aromatic rings. The lowest BCUT2D eigenvalue weighted by atomic mass is 9.89. The van der Waals surface area contributed by atoms with Gasteiger partial charge in [0.2, 0.25) is 0 Å². The van der Waals surface area contributed by atoms with Crippen molar-refractivity contribution >= 4 is 11.6 Å². The Morgan fingerprint density at radius 3 is 2.63 bits per heavy atom. The van der Waals surface area contributed by atoms with Crippen molar-refractivity contribution in [3.05, 3.63) is 29.3 Å². The van der Waals surface area contributed by atoms with Crippen LogP contribution >= 0.6 is 0 Å². The molecule has 0 aliphatic heterocycles. The molecule has 0 spiro atoms. The minimum absolute atomic E-state index is 0.0239. The summed E-state index contributed by atoms with van der Waals surface area (Å²) in [6, 6.07) is 2.02. The Balaban J connectivity index is 2.83. The third-order valence-corrected chi connectivity index (χ3v) is 2.86. The molecule has 0 aromatic heterocycles. The molecule has 6 heteroatoms. The number of hydrogen-bond acceptors (Lipinski definition) is 3. The Kier molecular flexibility index (Phi) is 4.83. The molecule has 0 aliphatic carbocycles. The van der Waals surface area contributed by atoms with Gasteiger partial charge in [-0.3, -0.25) is 4.79 Å². The van der Waals surface area contributed by atoms with Crippen LogP contribution in [0.2, 0.25) is 0 Å². The molecule has 0 bridgehead atoms. The molecule has 106 valence electrons. The molecule has 19 heavy (non-hydrogen) atoms. The van der Waals surface area contributed by atoms with E-state index in [0.717, 1.165) is 12.1 Å². The van der Waals surface area contributed by atoms with Crippen LogP contribution in [0.4, 0.5) is 14.5 Å². The van der Waals surface area contributed by atoms with Gasteiger partial charge in [-0.2, -0.15) is 0 Å². The van der Waals surface area contributed by atoms with Crippen molar-refractivity contribution in [2.45, 2.75) is 20.3 Å². The highest BCUT2D eigenvalue weighted by Crippen LogP contribution is 2.21. The van der Waals surface area contributed by atoms with Gasteiger partial charge in [-0.15, -0.1) is 0 Å². The summed E-state index contributed by atoms with van der Waals surface area (Å²) in [5.41, 5.74) is 3.98. The third kappa shape index (κ3) is 3.89. The maximum atomic E-state index is 13.6. The molecule has 0 radical (unpaired) electrons. The lowest BCUT2D eigenvalue weighted by Gasteiger charge is -2.24. The number of nitrogens with one attached hydrogen (secondary N) is 1. The second kappa shape index (κ2) is 5.97. The van der Waals surface area contributed by atoms with Crippen LogP contribution in [0.25, 0.3) is 0 Å². The number of hydrogen-bond donors (Lipinski definition) is 3. The Labute approximate surface area is 110 Å². The van der Waals surface area contributed by atoms with Gasteiger partial charge in [-0.05, 0) is 24.0 Å². The normalized spacial score (nSPS) is 11.4. The van der Waals surface area contributed by atoms with Crippen LogP contribution in [0.5, 0.6) is 0 Å². The number of aliphatic hydroxyl groups excluding tert-OH is 1. The van der Waals surface area contributed by atoms with Crippen molar-refractivity contribution in [1.82, 2.24) is 5.32 Å². The van der Waals surface area contributed by atoms with E-state index in [-0.39, 0.29) is 24.3 Å². The standard InChI is InChI=1S/C13H18F2N2O2/c1-13(2,5-6-18)7-17-12(19)10-8(14)3-4-9(16)11(10)15/h3-4,18H,5-7,16H2,1-2H3,(H,17,19). The van der Waals surface area contributed by atoms with Gasteiger partial charge in [0.25, 0.3) is 5.91 Å². The predicted molar refractivity (Wildman–Crippen MR) is 68.6 cm³/mol. The van der Waals surface area contributed by atoms with Gasteiger partial charge in [-0.1, -0.05) is 13.8 Å². The summed E-state index contributed by atoms with van der Waals surface area (Å²) in [5, 5.41) is 11.3. The summed E-state index contributed by atoms with van der Waals surface area (Å²) in [4.78, 5) is 11.8. The van der Waals surface area contributed by atoms with Gasteiger partial charge in [0.1, 0.15) is 11.4 Å². The van der Waals surface area contributed by atoms with E-state index in [1.807, 2.05) is 13.8 Å². The fraction of sp³-hybridized carbons (Fsp3) is 0.462. The summed E-state index contributed by atoms with van der Waals surface area (Å²) < 4.78 is 27.1. The molecule has 1 amide bonds. The van der Waals surface area contributed by atoms with E-state index in [2.05, 4.69) is 5.32 Å². The molecule has 1 aromatic carbocycles. The Morgan fingerprint density at radius 1 is 1.42 bits per heavy atom. The first-order valence-electron chi connectivity index (χ1n) is 5.91. The van der Waals surface area contributed by atoms with Crippen LogP contribution in [0.1, 0.15) is 30.6 Å². The third-order valence-electron chi connectivity index (χ3n) is 2.86. The van der Waals surface area contributed by atoms with Crippen LogP contribution < -0.4 is 11.1 Å². The van der Waals surface area contributed by atoms with Gasteiger partial charge in [-0.25, -0.2) is 8.78 Å². The topological polar surface area (TPSA) is 75.3 Å². The zero-order chi connectivity index (χ0) is 14.6. The van der Waals surface area contributed by atoms with Gasteiger partial charge in [0, 0.05) is 13.2 Å². The molecule has 0 saturated carbocycles. The molecular formula is C13H18F2N2O2. The lowest BCUT2D eigenvalue weighted by Crippen LogP contribution is -2.35. The Hall–Kier alpha value is -1.69. The zero-order valence-corrected chi connectivity index (χ0v) is 11.0. The van der Waals surface area contributed by atoms with Crippen molar-refractivity contribution in [1.29, 1.82) is 0 Å². The largest absolute Gasteiger partial charge is 0.396 e. The number of aliphatic hydroxyl groups is 1. The van der Waals surface area contributed by atoms with Gasteiger partial charge in [0.15, 0.2) is 5.82 Å². The summed E-state index contributed by atoms with van der Waals surface area (Å²) in [6.45, 7) is 3.83. The number of anilines is 1. The quantitative estimate of drug-likeness (QED) is 0.714. The first-order chi connectivity index (χ1) is 8.78. The average Bonchev–Trinajstić information content (AvgIpc) is 2.32. The average molecular weight is 272 g/mol. The van der Waals surface area contributed by atoms with Crippen LogP contribution in [0.15, 0.2) is 12.1 Å². The molecule has 0 saturated heterocycles.